The Labute approximate surface area is 130 Å². The van der Waals surface area contributed by atoms with Gasteiger partial charge in [-0.05, 0) is 59.3 Å². The highest BCUT2D eigenvalue weighted by molar-refractivity contribution is 9.10. The van der Waals surface area contributed by atoms with E-state index < -0.39 is 0 Å². The third-order valence-corrected chi connectivity index (χ3v) is 4.82. The first-order valence-electron chi connectivity index (χ1n) is 7.29. The van der Waals surface area contributed by atoms with Crippen molar-refractivity contribution in [2.24, 2.45) is 5.92 Å². The average molecular weight is 342 g/mol. The summed E-state index contributed by atoms with van der Waals surface area (Å²) < 4.78 is 11.7. The van der Waals surface area contributed by atoms with Crippen molar-refractivity contribution in [2.45, 2.75) is 45.2 Å². The van der Waals surface area contributed by atoms with Gasteiger partial charge in [0.1, 0.15) is 0 Å². The smallest absolute Gasteiger partial charge is 0.174 e. The predicted octanol–water partition coefficient (Wildman–Crippen LogP) is 4.13. The molecule has 1 atom stereocenters. The fraction of sp³-hybridized carbons (Fsp3) is 0.625. The van der Waals surface area contributed by atoms with E-state index in [9.17, 15) is 0 Å². The van der Waals surface area contributed by atoms with Gasteiger partial charge in [-0.1, -0.05) is 12.8 Å². The fourth-order valence-corrected chi connectivity index (χ4v) is 3.63. The van der Waals surface area contributed by atoms with Gasteiger partial charge in [0.05, 0.1) is 18.7 Å². The van der Waals surface area contributed by atoms with Crippen molar-refractivity contribution in [1.29, 1.82) is 0 Å². The van der Waals surface area contributed by atoms with E-state index in [0.717, 1.165) is 28.4 Å². The van der Waals surface area contributed by atoms with Crippen molar-refractivity contribution in [2.75, 3.05) is 14.2 Å². The van der Waals surface area contributed by atoms with Gasteiger partial charge in [0.25, 0.3) is 0 Å². The molecule has 0 unspecified atom stereocenters. The van der Waals surface area contributed by atoms with Gasteiger partial charge in [0, 0.05) is 12.6 Å². The lowest BCUT2D eigenvalue weighted by molar-refractivity contribution is 0.351. The molecule has 0 aromatic heterocycles. The molecule has 0 bridgehead atoms. The number of benzene rings is 1. The minimum absolute atomic E-state index is 0.573. The topological polar surface area (TPSA) is 30.5 Å². The van der Waals surface area contributed by atoms with Crippen molar-refractivity contribution in [3.63, 3.8) is 0 Å². The maximum Gasteiger partial charge on any atom is 0.174 e. The summed E-state index contributed by atoms with van der Waals surface area (Å²) in [7, 11) is 3.32. The van der Waals surface area contributed by atoms with E-state index in [2.05, 4.69) is 34.2 Å². The lowest BCUT2D eigenvalue weighted by atomic mass is 9.99. The summed E-state index contributed by atoms with van der Waals surface area (Å²) in [6.07, 6.45) is 5.50. The first-order valence-corrected chi connectivity index (χ1v) is 8.08. The van der Waals surface area contributed by atoms with Gasteiger partial charge in [-0.15, -0.1) is 0 Å². The van der Waals surface area contributed by atoms with Crippen molar-refractivity contribution in [3.8, 4) is 11.5 Å². The third kappa shape index (κ3) is 3.67. The molecule has 20 heavy (non-hydrogen) atoms. The molecular weight excluding hydrogens is 318 g/mol. The van der Waals surface area contributed by atoms with Crippen molar-refractivity contribution < 1.29 is 9.47 Å². The van der Waals surface area contributed by atoms with Gasteiger partial charge in [0.15, 0.2) is 11.5 Å². The SMILES string of the molecule is COc1cc(CN[C@@H](C)C2CCCC2)cc(Br)c1OC. The molecule has 1 aromatic carbocycles. The number of hydrogen-bond acceptors (Lipinski definition) is 3. The summed E-state index contributed by atoms with van der Waals surface area (Å²) in [4.78, 5) is 0. The minimum Gasteiger partial charge on any atom is -0.493 e. The Morgan fingerprint density at radius 1 is 1.25 bits per heavy atom. The molecule has 112 valence electrons. The highest BCUT2D eigenvalue weighted by Crippen LogP contribution is 2.36. The molecule has 3 nitrogen and oxygen atoms in total. The lowest BCUT2D eigenvalue weighted by Gasteiger charge is -2.21. The zero-order valence-electron chi connectivity index (χ0n) is 12.5. The largest absolute Gasteiger partial charge is 0.493 e. The zero-order valence-corrected chi connectivity index (χ0v) is 14.1. The van der Waals surface area contributed by atoms with Crippen LogP contribution in [0.1, 0.15) is 38.2 Å². The number of hydrogen-bond donors (Lipinski definition) is 1. The van der Waals surface area contributed by atoms with Crippen LogP contribution in [-0.4, -0.2) is 20.3 Å². The minimum atomic E-state index is 0.573. The molecule has 0 amide bonds. The molecule has 1 saturated carbocycles. The summed E-state index contributed by atoms with van der Waals surface area (Å²) in [5.74, 6) is 2.35. The highest BCUT2D eigenvalue weighted by Gasteiger charge is 2.21. The van der Waals surface area contributed by atoms with E-state index in [1.54, 1.807) is 14.2 Å². The number of ether oxygens (including phenoxy) is 2. The summed E-state index contributed by atoms with van der Waals surface area (Å²) in [6.45, 7) is 3.16. The van der Waals surface area contributed by atoms with Crippen LogP contribution < -0.4 is 14.8 Å². The molecule has 0 heterocycles. The van der Waals surface area contributed by atoms with Crippen LogP contribution in [0, 0.1) is 5.92 Å². The van der Waals surface area contributed by atoms with Crippen LogP contribution in [0.5, 0.6) is 11.5 Å². The zero-order chi connectivity index (χ0) is 14.5. The molecule has 0 aliphatic heterocycles. The molecule has 1 aliphatic carbocycles. The van der Waals surface area contributed by atoms with Crippen LogP contribution in [0.2, 0.25) is 0 Å². The molecular formula is C16H24BrNO2. The Morgan fingerprint density at radius 3 is 2.55 bits per heavy atom. The second-order valence-corrected chi connectivity index (χ2v) is 6.38. The molecule has 1 fully saturated rings. The number of nitrogens with one attached hydrogen (secondary N) is 1. The molecule has 1 aromatic rings. The number of rotatable bonds is 6. The van der Waals surface area contributed by atoms with Gasteiger partial charge in [0.2, 0.25) is 0 Å². The van der Waals surface area contributed by atoms with Crippen molar-refractivity contribution >= 4 is 15.9 Å². The lowest BCUT2D eigenvalue weighted by Crippen LogP contribution is -2.31. The Hall–Kier alpha value is -0.740. The molecule has 0 spiro atoms. The highest BCUT2D eigenvalue weighted by atomic mass is 79.9. The number of methoxy groups -OCH3 is 2. The molecule has 4 heteroatoms. The van der Waals surface area contributed by atoms with E-state index in [-0.39, 0.29) is 0 Å². The average Bonchev–Trinajstić information content (AvgIpc) is 2.98. The van der Waals surface area contributed by atoms with Crippen LogP contribution in [0.25, 0.3) is 0 Å². The molecule has 0 saturated heterocycles. The van der Waals surface area contributed by atoms with Crippen LogP contribution in [-0.2, 0) is 6.54 Å². The van der Waals surface area contributed by atoms with Crippen LogP contribution in [0.3, 0.4) is 0 Å². The Bertz CT molecular complexity index is 444. The normalized spacial score (nSPS) is 17.2. The first kappa shape index (κ1) is 15.6. The van der Waals surface area contributed by atoms with Gasteiger partial charge < -0.3 is 14.8 Å². The van der Waals surface area contributed by atoms with Crippen LogP contribution in [0.4, 0.5) is 0 Å². The van der Waals surface area contributed by atoms with Crippen molar-refractivity contribution in [3.05, 3.63) is 22.2 Å². The van der Waals surface area contributed by atoms with Gasteiger partial charge >= 0.3 is 0 Å². The maximum atomic E-state index is 5.38. The van der Waals surface area contributed by atoms with E-state index in [1.165, 1.54) is 31.2 Å². The summed E-state index contributed by atoms with van der Waals surface area (Å²) >= 11 is 3.54. The Morgan fingerprint density at radius 2 is 1.95 bits per heavy atom. The van der Waals surface area contributed by atoms with Gasteiger partial charge in [-0.25, -0.2) is 0 Å². The monoisotopic (exact) mass is 341 g/mol. The van der Waals surface area contributed by atoms with E-state index >= 15 is 0 Å². The molecule has 1 N–H and O–H groups in total. The van der Waals surface area contributed by atoms with E-state index in [0.29, 0.717) is 6.04 Å². The molecule has 2 rings (SSSR count). The van der Waals surface area contributed by atoms with E-state index in [1.807, 2.05) is 6.07 Å². The Balaban J connectivity index is 2.00. The predicted molar refractivity (Wildman–Crippen MR) is 85.5 cm³/mol. The standard InChI is InChI=1S/C16H24BrNO2/c1-11(13-6-4-5-7-13)18-10-12-8-14(17)16(20-3)15(9-12)19-2/h8-9,11,13,18H,4-7,10H2,1-3H3/t11-/m0/s1. The van der Waals surface area contributed by atoms with Gasteiger partial charge in [-0.3, -0.25) is 0 Å². The second kappa shape index (κ2) is 7.32. The number of halogens is 1. The summed E-state index contributed by atoms with van der Waals surface area (Å²) in [5.41, 5.74) is 1.21. The summed E-state index contributed by atoms with van der Waals surface area (Å²) in [5, 5.41) is 3.64. The van der Waals surface area contributed by atoms with Crippen molar-refractivity contribution in [1.82, 2.24) is 5.32 Å². The van der Waals surface area contributed by atoms with E-state index in [4.69, 9.17) is 9.47 Å². The fourth-order valence-electron chi connectivity index (χ4n) is 2.98. The van der Waals surface area contributed by atoms with Gasteiger partial charge in [-0.2, -0.15) is 0 Å². The third-order valence-electron chi connectivity index (χ3n) is 4.23. The van der Waals surface area contributed by atoms with Crippen LogP contribution >= 0.6 is 15.9 Å². The molecule has 1 aliphatic rings. The Kier molecular flexibility index (Phi) is 5.73. The first-order chi connectivity index (χ1) is 9.65. The quantitative estimate of drug-likeness (QED) is 0.843. The maximum absolute atomic E-state index is 5.38. The van der Waals surface area contributed by atoms with Crippen LogP contribution in [0.15, 0.2) is 16.6 Å². The summed E-state index contributed by atoms with van der Waals surface area (Å²) in [6, 6.07) is 4.71. The molecule has 0 radical (unpaired) electrons. The second-order valence-electron chi connectivity index (χ2n) is 5.53.